The molecule has 152 valence electrons. The second-order valence-electron chi connectivity index (χ2n) is 7.69. The summed E-state index contributed by atoms with van der Waals surface area (Å²) >= 11 is 6.15. The Bertz CT molecular complexity index is 651. The van der Waals surface area contributed by atoms with Gasteiger partial charge in [0.1, 0.15) is 0 Å². The lowest BCUT2D eigenvalue weighted by atomic mass is 9.85. The molecule has 1 unspecified atom stereocenters. The fourth-order valence-electron chi connectivity index (χ4n) is 3.41. The molecule has 1 aromatic rings. The highest BCUT2D eigenvalue weighted by Crippen LogP contribution is 2.26. The number of primary amides is 1. The van der Waals surface area contributed by atoms with Gasteiger partial charge in [-0.15, -0.1) is 24.0 Å². The van der Waals surface area contributed by atoms with E-state index in [0.717, 1.165) is 43.5 Å². The van der Waals surface area contributed by atoms with Crippen molar-refractivity contribution in [1.29, 1.82) is 0 Å². The molecule has 5 nitrogen and oxygen atoms in total. The zero-order valence-electron chi connectivity index (χ0n) is 16.5. The zero-order chi connectivity index (χ0) is 19.2. The van der Waals surface area contributed by atoms with E-state index in [-0.39, 0.29) is 35.3 Å². The monoisotopic (exact) mass is 506 g/mol. The highest BCUT2D eigenvalue weighted by atomic mass is 127. The van der Waals surface area contributed by atoms with Crippen molar-refractivity contribution in [3.8, 4) is 0 Å². The van der Waals surface area contributed by atoms with E-state index < -0.39 is 0 Å². The molecular formula is C20H32ClIN4O. The van der Waals surface area contributed by atoms with Gasteiger partial charge in [-0.25, -0.2) is 0 Å². The molecule has 1 heterocycles. The van der Waals surface area contributed by atoms with Crippen LogP contribution in [0.4, 0.5) is 0 Å². The SMILES string of the molecule is CCNC(=NCC(C)(C)c1cccc(Cl)c1)N1CCCC(CC(N)=O)C1.I. The van der Waals surface area contributed by atoms with Gasteiger partial charge in [0.05, 0.1) is 6.54 Å². The van der Waals surface area contributed by atoms with Crippen molar-refractivity contribution in [2.45, 2.75) is 45.4 Å². The predicted octanol–water partition coefficient (Wildman–Crippen LogP) is 3.79. The summed E-state index contributed by atoms with van der Waals surface area (Å²) in [7, 11) is 0. The minimum atomic E-state index is -0.221. The lowest BCUT2D eigenvalue weighted by molar-refractivity contribution is -0.119. The number of nitrogens with one attached hydrogen (secondary N) is 1. The zero-order valence-corrected chi connectivity index (χ0v) is 19.6. The Morgan fingerprint density at radius 2 is 2.19 bits per heavy atom. The largest absolute Gasteiger partial charge is 0.370 e. The third-order valence-corrected chi connectivity index (χ3v) is 5.11. The Kier molecular flexibility index (Phi) is 9.87. The molecule has 0 aliphatic carbocycles. The summed E-state index contributed by atoms with van der Waals surface area (Å²) in [5, 5.41) is 4.14. The van der Waals surface area contributed by atoms with Crippen molar-refractivity contribution >= 4 is 47.4 Å². The summed E-state index contributed by atoms with van der Waals surface area (Å²) in [6.07, 6.45) is 2.55. The maximum Gasteiger partial charge on any atom is 0.217 e. The van der Waals surface area contributed by atoms with E-state index in [0.29, 0.717) is 18.9 Å². The number of rotatable bonds is 6. The van der Waals surface area contributed by atoms with E-state index in [2.05, 4.69) is 37.1 Å². The second-order valence-corrected chi connectivity index (χ2v) is 8.13. The van der Waals surface area contributed by atoms with E-state index in [1.54, 1.807) is 0 Å². The molecule has 1 aliphatic rings. The Labute approximate surface area is 185 Å². The van der Waals surface area contributed by atoms with E-state index in [1.807, 2.05) is 18.2 Å². The smallest absolute Gasteiger partial charge is 0.217 e. The van der Waals surface area contributed by atoms with Gasteiger partial charge < -0.3 is 16.0 Å². The lowest BCUT2D eigenvalue weighted by Crippen LogP contribution is -2.47. The summed E-state index contributed by atoms with van der Waals surface area (Å²) in [6.45, 7) is 9.68. The van der Waals surface area contributed by atoms with Crippen LogP contribution in [-0.4, -0.2) is 42.9 Å². The summed E-state index contributed by atoms with van der Waals surface area (Å²) < 4.78 is 0. The maximum atomic E-state index is 11.3. The van der Waals surface area contributed by atoms with Crippen LogP contribution in [-0.2, 0) is 10.2 Å². The highest BCUT2D eigenvalue weighted by molar-refractivity contribution is 14.0. The van der Waals surface area contributed by atoms with Crippen LogP contribution in [0.25, 0.3) is 0 Å². The molecule has 3 N–H and O–H groups in total. The molecule has 1 amide bonds. The number of piperidine rings is 1. The maximum absolute atomic E-state index is 11.3. The van der Waals surface area contributed by atoms with Crippen LogP contribution in [0.15, 0.2) is 29.3 Å². The van der Waals surface area contributed by atoms with Gasteiger partial charge in [-0.1, -0.05) is 37.6 Å². The van der Waals surface area contributed by atoms with Crippen LogP contribution >= 0.6 is 35.6 Å². The Balaban J connectivity index is 0.00000364. The van der Waals surface area contributed by atoms with Crippen molar-refractivity contribution in [3.63, 3.8) is 0 Å². The summed E-state index contributed by atoms with van der Waals surface area (Å²) in [5.74, 6) is 1.00. The quantitative estimate of drug-likeness (QED) is 0.350. The van der Waals surface area contributed by atoms with Crippen molar-refractivity contribution in [2.75, 3.05) is 26.2 Å². The number of nitrogens with two attached hydrogens (primary N) is 1. The molecule has 0 radical (unpaired) electrons. The minimum absolute atomic E-state index is 0. The molecule has 1 aromatic carbocycles. The lowest BCUT2D eigenvalue weighted by Gasteiger charge is -2.35. The molecule has 1 atom stereocenters. The molecule has 7 heteroatoms. The molecular weight excluding hydrogens is 475 g/mol. The number of carbonyl (C=O) groups is 1. The third kappa shape index (κ3) is 7.49. The van der Waals surface area contributed by atoms with Crippen molar-refractivity contribution < 1.29 is 4.79 Å². The number of halogens is 2. The average molecular weight is 507 g/mol. The van der Waals surface area contributed by atoms with Crippen LogP contribution in [0.3, 0.4) is 0 Å². The van der Waals surface area contributed by atoms with Crippen LogP contribution in [0.2, 0.25) is 5.02 Å². The van der Waals surface area contributed by atoms with E-state index >= 15 is 0 Å². The van der Waals surface area contributed by atoms with Gasteiger partial charge in [-0.3, -0.25) is 9.79 Å². The average Bonchev–Trinajstić information content (AvgIpc) is 2.58. The number of benzene rings is 1. The van der Waals surface area contributed by atoms with Crippen LogP contribution in [0, 0.1) is 5.92 Å². The molecule has 2 rings (SSSR count). The number of carbonyl (C=O) groups excluding carboxylic acids is 1. The van der Waals surface area contributed by atoms with Crippen molar-refractivity contribution in [1.82, 2.24) is 10.2 Å². The molecule has 27 heavy (non-hydrogen) atoms. The van der Waals surface area contributed by atoms with Gasteiger partial charge >= 0.3 is 0 Å². The molecule has 1 fully saturated rings. The minimum Gasteiger partial charge on any atom is -0.370 e. The first-order valence-corrected chi connectivity index (χ1v) is 9.77. The Morgan fingerprint density at radius 3 is 2.81 bits per heavy atom. The van der Waals surface area contributed by atoms with Gasteiger partial charge in [0.25, 0.3) is 0 Å². The summed E-state index contributed by atoms with van der Waals surface area (Å²) in [4.78, 5) is 18.4. The first kappa shape index (κ1) is 24.0. The predicted molar refractivity (Wildman–Crippen MR) is 124 cm³/mol. The fourth-order valence-corrected chi connectivity index (χ4v) is 3.60. The number of likely N-dealkylation sites (tertiary alicyclic amines) is 1. The van der Waals surface area contributed by atoms with Crippen LogP contribution in [0.5, 0.6) is 0 Å². The van der Waals surface area contributed by atoms with E-state index in [1.165, 1.54) is 5.56 Å². The third-order valence-electron chi connectivity index (χ3n) is 4.87. The van der Waals surface area contributed by atoms with Crippen molar-refractivity contribution in [3.05, 3.63) is 34.9 Å². The first-order chi connectivity index (χ1) is 12.3. The molecule has 0 spiro atoms. The number of hydrogen-bond donors (Lipinski definition) is 2. The van der Waals surface area contributed by atoms with Crippen LogP contribution < -0.4 is 11.1 Å². The number of nitrogens with zero attached hydrogens (tertiary/aromatic N) is 2. The Morgan fingerprint density at radius 1 is 1.44 bits per heavy atom. The van der Waals surface area contributed by atoms with Gasteiger partial charge in [0.15, 0.2) is 5.96 Å². The molecule has 1 saturated heterocycles. The Hall–Kier alpha value is -1.02. The number of amides is 1. The molecule has 1 aliphatic heterocycles. The standard InChI is InChI=1S/C20H31ClN4O.HI/c1-4-23-19(25-10-6-7-15(13-25)11-18(22)26)24-14-20(2,3)16-8-5-9-17(21)12-16;/h5,8-9,12,15H,4,6-7,10-11,13-14H2,1-3H3,(H2,22,26)(H,23,24);1H. The van der Waals surface area contributed by atoms with Gasteiger partial charge in [-0.05, 0) is 43.4 Å². The number of aliphatic imine (C=N–C) groups is 1. The van der Waals surface area contributed by atoms with Gasteiger partial charge in [-0.2, -0.15) is 0 Å². The van der Waals surface area contributed by atoms with Gasteiger partial charge in [0, 0.05) is 36.5 Å². The summed E-state index contributed by atoms with van der Waals surface area (Å²) in [6, 6.07) is 7.97. The summed E-state index contributed by atoms with van der Waals surface area (Å²) in [5.41, 5.74) is 6.44. The molecule has 0 bridgehead atoms. The number of guanidine groups is 1. The fraction of sp³-hybridized carbons (Fsp3) is 0.600. The second kappa shape index (κ2) is 11.1. The van der Waals surface area contributed by atoms with E-state index in [9.17, 15) is 4.79 Å². The van der Waals surface area contributed by atoms with Crippen molar-refractivity contribution in [2.24, 2.45) is 16.6 Å². The normalized spacial score (nSPS) is 18.0. The highest BCUT2D eigenvalue weighted by Gasteiger charge is 2.25. The number of hydrogen-bond acceptors (Lipinski definition) is 2. The first-order valence-electron chi connectivity index (χ1n) is 9.39. The van der Waals surface area contributed by atoms with E-state index in [4.69, 9.17) is 22.3 Å². The molecule has 0 saturated carbocycles. The molecule has 0 aromatic heterocycles. The van der Waals surface area contributed by atoms with Crippen LogP contribution in [0.1, 0.15) is 45.6 Å². The topological polar surface area (TPSA) is 70.7 Å². The van der Waals surface area contributed by atoms with Gasteiger partial charge in [0.2, 0.25) is 5.91 Å².